The third-order valence-electron chi connectivity index (χ3n) is 14.8. The van der Waals surface area contributed by atoms with E-state index >= 15 is 0 Å². The molecule has 0 saturated heterocycles. The van der Waals surface area contributed by atoms with Crippen molar-refractivity contribution in [3.63, 3.8) is 0 Å². The van der Waals surface area contributed by atoms with Crippen LogP contribution >= 0.6 is 0 Å². The van der Waals surface area contributed by atoms with Crippen LogP contribution in [-0.4, -0.2) is 18.9 Å². The monoisotopic (exact) mass is 664 g/mol. The van der Waals surface area contributed by atoms with Crippen molar-refractivity contribution in [1.82, 2.24) is 0 Å². The zero-order valence-corrected chi connectivity index (χ0v) is 30.4. The van der Waals surface area contributed by atoms with Gasteiger partial charge in [-0.05, 0) is 174 Å². The van der Waals surface area contributed by atoms with Crippen LogP contribution in [0.4, 0.5) is 0 Å². The molecule has 0 N–H and O–H groups in total. The number of fused-ring (bicyclic) bond motifs is 7. The summed E-state index contributed by atoms with van der Waals surface area (Å²) >= 11 is 0. The molecule has 10 radical (unpaired) electrons. The summed E-state index contributed by atoms with van der Waals surface area (Å²) in [6, 6.07) is 0. The fourth-order valence-corrected chi connectivity index (χ4v) is 12.7. The van der Waals surface area contributed by atoms with E-state index in [1.165, 1.54) is 24.8 Å². The number of hydrogen-bond donors (Lipinski definition) is 0. The molecule has 0 spiro atoms. The van der Waals surface area contributed by atoms with Gasteiger partial charge >= 0.3 is 23.0 Å². The van der Waals surface area contributed by atoms with E-state index in [1.807, 2.05) is 32.1 Å². The fraction of sp³-hybridized carbons (Fsp3) is 0.619. The number of ether oxygens (including phenoxy) is 1. The van der Waals surface area contributed by atoms with Crippen molar-refractivity contribution in [2.24, 2.45) is 56.7 Å². The van der Waals surface area contributed by atoms with Gasteiger partial charge in [-0.1, -0.05) is 52.8 Å². The maximum atomic E-state index is 13.9. The number of methoxy groups -OCH3 is 1. The Morgan fingerprint density at radius 3 is 2.04 bits per heavy atom. The van der Waals surface area contributed by atoms with E-state index in [9.17, 15) is 9.59 Å². The van der Waals surface area contributed by atoms with Crippen molar-refractivity contribution >= 4 is 11.8 Å². The summed E-state index contributed by atoms with van der Waals surface area (Å²) in [6.07, 6.45) is 30.1. The van der Waals surface area contributed by atoms with Gasteiger partial charge in [0.05, 0.1) is 12.5 Å². The van der Waals surface area contributed by atoms with E-state index in [-0.39, 0.29) is 50.1 Å². The third kappa shape index (κ3) is 5.40. The van der Waals surface area contributed by atoms with Crippen molar-refractivity contribution < 1.29 is 31.4 Å². The van der Waals surface area contributed by atoms with E-state index in [2.05, 4.69) is 79.9 Å². The Kier molecular flexibility index (Phi) is 10.4. The molecule has 0 aromatic carbocycles. The first-order valence-corrected chi connectivity index (χ1v) is 17.6. The van der Waals surface area contributed by atoms with Crippen LogP contribution in [0, 0.1) is 120 Å². The molecular weight excluding hydrogens is 608 g/mol. The quantitative estimate of drug-likeness (QED) is 0.131. The maximum absolute atomic E-state index is 13.9. The van der Waals surface area contributed by atoms with Crippen LogP contribution in [0.2, 0.25) is 0 Å². The Hall–Kier alpha value is -0.861. The number of Topliss-reactive ketones (excluding diaryl/α,β-unsaturated/α-hetero) is 1. The van der Waals surface area contributed by atoms with E-state index in [0.717, 1.165) is 50.0 Å². The molecular formula is C42H56FeO3+2. The summed E-state index contributed by atoms with van der Waals surface area (Å²) < 4.78 is 5.53. The van der Waals surface area contributed by atoms with Crippen LogP contribution in [-0.2, 0) is 31.4 Å². The Bertz CT molecular complexity index is 1200. The number of allylic oxidation sites excluding steroid dienone is 3. The summed E-state index contributed by atoms with van der Waals surface area (Å²) in [5.74, 6) is 3.73. The van der Waals surface area contributed by atoms with Crippen molar-refractivity contribution in [2.75, 3.05) is 7.11 Å². The number of ketones is 1. The summed E-state index contributed by atoms with van der Waals surface area (Å²) in [6.45, 7) is 18.8. The third-order valence-corrected chi connectivity index (χ3v) is 14.8. The van der Waals surface area contributed by atoms with Crippen LogP contribution in [0.1, 0.15) is 99.3 Å². The smallest absolute Gasteiger partial charge is 0.469 e. The standard InChI is InChI=1S/C37H51O3.C5H5.Fe/c1-23(2)26-15-18-37(32(39)40-8)20-19-35(6)27(30(26)37)13-14-29-34(5)22-25(21-24-11-9-10-12-24)31(38)33(3,4)28(34)16-17-36(29,35)7;1-2-4-5-3-1;/h9-12,21,26-30H,1,13-20,22H2,2-8H3;1-5H;/q;;+2/b25-21+;;/t26-,27+,28-,29+,30+,34-,35+,36+,37-;;/m0../s1. The average molecular weight is 665 g/mol. The zero-order chi connectivity index (χ0) is 32.4. The van der Waals surface area contributed by atoms with Crippen molar-refractivity contribution in [3.05, 3.63) is 87.5 Å². The number of carbonyl (C=O) groups excluding carboxylic acids is 2. The molecule has 46 heavy (non-hydrogen) atoms. The van der Waals surface area contributed by atoms with E-state index in [1.54, 1.807) is 7.11 Å². The molecule has 0 aliphatic heterocycles. The first-order valence-electron chi connectivity index (χ1n) is 17.6. The molecule has 0 amide bonds. The Balaban J connectivity index is 0.000000635. The summed E-state index contributed by atoms with van der Waals surface area (Å²) in [7, 11) is 1.59. The Morgan fingerprint density at radius 2 is 1.46 bits per heavy atom. The van der Waals surface area contributed by atoms with E-state index in [0.29, 0.717) is 35.4 Å². The zero-order valence-electron chi connectivity index (χ0n) is 29.3. The van der Waals surface area contributed by atoms with E-state index in [4.69, 9.17) is 4.74 Å². The molecule has 7 aliphatic carbocycles. The van der Waals surface area contributed by atoms with Gasteiger partial charge < -0.3 is 4.74 Å². The molecule has 248 valence electrons. The van der Waals surface area contributed by atoms with Gasteiger partial charge in [-0.25, -0.2) is 0 Å². The molecule has 7 saturated carbocycles. The van der Waals surface area contributed by atoms with Gasteiger partial charge in [0, 0.05) is 11.3 Å². The van der Waals surface area contributed by atoms with Crippen LogP contribution in [0.15, 0.2) is 23.8 Å². The normalized spacial score (nSPS) is 45.3. The minimum Gasteiger partial charge on any atom is -0.469 e. The second kappa shape index (κ2) is 13.1. The average Bonchev–Trinajstić information content (AvgIpc) is 3.79. The van der Waals surface area contributed by atoms with E-state index < -0.39 is 0 Å². The molecule has 0 aromatic rings. The number of hydrogen-bond acceptors (Lipinski definition) is 3. The molecule has 7 aliphatic rings. The van der Waals surface area contributed by atoms with Crippen molar-refractivity contribution in [1.29, 1.82) is 0 Å². The van der Waals surface area contributed by atoms with Crippen molar-refractivity contribution in [2.45, 2.75) is 99.3 Å². The largest absolute Gasteiger partial charge is 2.00 e. The first-order chi connectivity index (χ1) is 21.3. The number of carbonyl (C=O) groups is 2. The summed E-state index contributed by atoms with van der Waals surface area (Å²) in [4.78, 5) is 27.4. The van der Waals surface area contributed by atoms with Crippen molar-refractivity contribution in [3.8, 4) is 0 Å². The molecule has 3 nitrogen and oxygen atoms in total. The Morgan fingerprint density at radius 1 is 0.826 bits per heavy atom. The SMILES string of the molecule is C=C(C)[C@@H]1CC[C@]2(C(=O)OC)CC[C@]3(C)[C@H](CC[C@@H]4[C@@]5(C)C/C(=C\[C]6[CH][CH][CH][CH]6)C(=O)C(C)(C)[C@@H]5CC[C@]43C)[C@@H]12.[CH]1[CH][CH][CH][CH]1.[Fe+2]. The first kappa shape index (κ1) is 36.4. The Labute approximate surface area is 292 Å². The van der Waals surface area contributed by atoms with Gasteiger partial charge in [0.1, 0.15) is 0 Å². The van der Waals surface area contributed by atoms with Crippen LogP contribution in [0.25, 0.3) is 0 Å². The minimum absolute atomic E-state index is 0. The molecule has 4 heteroatoms. The molecule has 0 unspecified atom stereocenters. The van der Waals surface area contributed by atoms with Gasteiger partial charge in [0.25, 0.3) is 0 Å². The molecule has 0 bridgehead atoms. The van der Waals surface area contributed by atoms with Crippen LogP contribution < -0.4 is 0 Å². The summed E-state index contributed by atoms with van der Waals surface area (Å²) in [5.41, 5.74) is 1.99. The topological polar surface area (TPSA) is 43.4 Å². The van der Waals surface area contributed by atoms with Gasteiger partial charge in [-0.15, -0.1) is 0 Å². The number of esters is 1. The fourth-order valence-electron chi connectivity index (χ4n) is 12.7. The molecule has 7 rings (SSSR count). The molecule has 0 aromatic heterocycles. The summed E-state index contributed by atoms with van der Waals surface area (Å²) in [5, 5.41) is 0. The van der Waals surface area contributed by atoms with Gasteiger partial charge in [-0.3, -0.25) is 9.59 Å². The van der Waals surface area contributed by atoms with Crippen LogP contribution in [0.3, 0.4) is 0 Å². The molecule has 9 atom stereocenters. The van der Waals surface area contributed by atoms with Gasteiger partial charge in [0.2, 0.25) is 0 Å². The predicted molar refractivity (Wildman–Crippen MR) is 181 cm³/mol. The molecule has 7 fully saturated rings. The number of rotatable bonds is 3. The maximum Gasteiger partial charge on any atom is 2.00 e. The second-order valence-corrected chi connectivity index (χ2v) is 16.9. The molecule has 0 heterocycles. The van der Waals surface area contributed by atoms with Gasteiger partial charge in [0.15, 0.2) is 5.78 Å². The second-order valence-electron chi connectivity index (χ2n) is 16.9. The van der Waals surface area contributed by atoms with Gasteiger partial charge in [-0.2, -0.15) is 0 Å². The predicted octanol–water partition coefficient (Wildman–Crippen LogP) is 9.35. The van der Waals surface area contributed by atoms with Crippen LogP contribution in [0.5, 0.6) is 0 Å². The minimum atomic E-state index is -0.354.